The van der Waals surface area contributed by atoms with Crippen LogP contribution in [-0.2, 0) is 17.8 Å². The number of hydrogen-bond acceptors (Lipinski definition) is 6. The van der Waals surface area contributed by atoms with Crippen LogP contribution in [0.3, 0.4) is 0 Å². The lowest BCUT2D eigenvalue weighted by Gasteiger charge is -2.30. The first kappa shape index (κ1) is 23.8. The maximum absolute atomic E-state index is 15.1. The number of nitrogens with zero attached hydrogens (tertiary/aromatic N) is 3. The SMILES string of the molecule is CCn1cc(C(=O)Nc2cccc(CN3CCOC3=O)c2)c(=O)c2cc(F)c(N3CCNCC3)cc21. The molecule has 2 aliphatic heterocycles. The summed E-state index contributed by atoms with van der Waals surface area (Å²) in [6, 6.07) is 10.0. The second-order valence-electron chi connectivity index (χ2n) is 8.91. The molecule has 0 bridgehead atoms. The number of benzene rings is 2. The van der Waals surface area contributed by atoms with Gasteiger partial charge in [0, 0.05) is 56.5 Å². The van der Waals surface area contributed by atoms with Gasteiger partial charge < -0.3 is 29.7 Å². The second kappa shape index (κ2) is 9.98. The molecule has 10 heteroatoms. The van der Waals surface area contributed by atoms with Crippen LogP contribution in [0, 0.1) is 5.82 Å². The molecule has 3 heterocycles. The summed E-state index contributed by atoms with van der Waals surface area (Å²) in [6.45, 7) is 6.52. The molecule has 2 saturated heterocycles. The average Bonchev–Trinajstić information content (AvgIpc) is 3.29. The number of amides is 2. The summed E-state index contributed by atoms with van der Waals surface area (Å²) < 4.78 is 21.8. The first-order chi connectivity index (χ1) is 17.4. The number of hydrogen-bond donors (Lipinski definition) is 2. The Morgan fingerprint density at radius 2 is 1.94 bits per heavy atom. The Hall–Kier alpha value is -3.92. The molecule has 2 fully saturated rings. The summed E-state index contributed by atoms with van der Waals surface area (Å²) in [5.41, 5.74) is 1.78. The number of aromatic nitrogens is 1. The number of piperazine rings is 1. The van der Waals surface area contributed by atoms with Crippen LogP contribution in [-0.4, -0.2) is 60.8 Å². The van der Waals surface area contributed by atoms with Crippen LogP contribution in [0.5, 0.6) is 0 Å². The molecule has 36 heavy (non-hydrogen) atoms. The van der Waals surface area contributed by atoms with Gasteiger partial charge in [-0.25, -0.2) is 9.18 Å². The van der Waals surface area contributed by atoms with Crippen LogP contribution in [0.15, 0.2) is 47.4 Å². The van der Waals surface area contributed by atoms with Gasteiger partial charge in [-0.1, -0.05) is 12.1 Å². The molecule has 2 aliphatic rings. The number of nitrogens with one attached hydrogen (secondary N) is 2. The monoisotopic (exact) mass is 493 g/mol. The topological polar surface area (TPSA) is 95.9 Å². The zero-order valence-electron chi connectivity index (χ0n) is 20.1. The van der Waals surface area contributed by atoms with E-state index in [-0.39, 0.29) is 17.0 Å². The maximum Gasteiger partial charge on any atom is 0.410 e. The molecule has 0 atom stereocenters. The van der Waals surface area contributed by atoms with Crippen molar-refractivity contribution in [3.05, 3.63) is 69.8 Å². The van der Waals surface area contributed by atoms with Crippen LogP contribution in [0.2, 0.25) is 0 Å². The van der Waals surface area contributed by atoms with Crippen molar-refractivity contribution in [3.63, 3.8) is 0 Å². The minimum Gasteiger partial charge on any atom is -0.448 e. The fourth-order valence-electron chi connectivity index (χ4n) is 4.71. The van der Waals surface area contributed by atoms with Gasteiger partial charge in [-0.3, -0.25) is 9.59 Å². The third-order valence-corrected chi connectivity index (χ3v) is 6.59. The second-order valence-corrected chi connectivity index (χ2v) is 8.91. The molecule has 2 aromatic carbocycles. The molecule has 5 rings (SSSR count). The number of carbonyl (C=O) groups excluding carboxylic acids is 2. The molecular weight excluding hydrogens is 465 g/mol. The van der Waals surface area contributed by atoms with E-state index in [4.69, 9.17) is 4.74 Å². The van der Waals surface area contributed by atoms with E-state index in [1.807, 2.05) is 17.9 Å². The lowest BCUT2D eigenvalue weighted by molar-refractivity contribution is 0.102. The van der Waals surface area contributed by atoms with Gasteiger partial charge in [-0.2, -0.15) is 0 Å². The van der Waals surface area contributed by atoms with Crippen molar-refractivity contribution >= 4 is 34.3 Å². The van der Waals surface area contributed by atoms with Crippen LogP contribution in [0.4, 0.5) is 20.6 Å². The highest BCUT2D eigenvalue weighted by Crippen LogP contribution is 2.26. The Kier molecular flexibility index (Phi) is 6.60. The van der Waals surface area contributed by atoms with Crippen molar-refractivity contribution < 1.29 is 18.7 Å². The molecule has 9 nitrogen and oxygen atoms in total. The van der Waals surface area contributed by atoms with E-state index in [0.717, 1.165) is 18.7 Å². The number of fused-ring (bicyclic) bond motifs is 1. The fourth-order valence-corrected chi connectivity index (χ4v) is 4.71. The number of anilines is 2. The summed E-state index contributed by atoms with van der Waals surface area (Å²) in [5.74, 6) is -1.05. The van der Waals surface area contributed by atoms with Crippen molar-refractivity contribution in [2.24, 2.45) is 0 Å². The van der Waals surface area contributed by atoms with Gasteiger partial charge in [0.05, 0.1) is 17.7 Å². The number of pyridine rings is 1. The number of halogens is 1. The molecule has 0 spiro atoms. The van der Waals surface area contributed by atoms with Crippen molar-refractivity contribution in [3.8, 4) is 0 Å². The summed E-state index contributed by atoms with van der Waals surface area (Å²) in [4.78, 5) is 41.7. The van der Waals surface area contributed by atoms with Gasteiger partial charge in [-0.15, -0.1) is 0 Å². The third kappa shape index (κ3) is 4.64. The number of rotatable bonds is 6. The lowest BCUT2D eigenvalue weighted by atomic mass is 10.1. The van der Waals surface area contributed by atoms with Gasteiger partial charge in [0.1, 0.15) is 18.0 Å². The van der Waals surface area contributed by atoms with E-state index in [1.54, 1.807) is 33.7 Å². The Balaban J connectivity index is 1.44. The average molecular weight is 494 g/mol. The van der Waals surface area contributed by atoms with Crippen molar-refractivity contribution in [2.45, 2.75) is 20.0 Å². The normalized spacial score (nSPS) is 15.9. The van der Waals surface area contributed by atoms with E-state index in [1.165, 1.54) is 12.3 Å². The lowest BCUT2D eigenvalue weighted by Crippen LogP contribution is -2.43. The highest BCUT2D eigenvalue weighted by atomic mass is 19.1. The van der Waals surface area contributed by atoms with Gasteiger partial charge in [0.25, 0.3) is 5.91 Å². The predicted molar refractivity (Wildman–Crippen MR) is 135 cm³/mol. The molecule has 2 N–H and O–H groups in total. The molecule has 0 saturated carbocycles. The molecular formula is C26H28FN5O4. The molecule has 188 valence electrons. The molecule has 0 aliphatic carbocycles. The van der Waals surface area contributed by atoms with Crippen molar-refractivity contribution in [1.29, 1.82) is 0 Å². The number of ether oxygens (including phenoxy) is 1. The number of aryl methyl sites for hydroxylation is 1. The third-order valence-electron chi connectivity index (χ3n) is 6.59. The zero-order valence-corrected chi connectivity index (χ0v) is 20.1. The van der Waals surface area contributed by atoms with Crippen LogP contribution < -0.4 is 21.0 Å². The Bertz CT molecular complexity index is 1380. The molecule has 0 unspecified atom stereocenters. The largest absolute Gasteiger partial charge is 0.448 e. The number of carbonyl (C=O) groups is 2. The Morgan fingerprint density at radius 3 is 2.67 bits per heavy atom. The summed E-state index contributed by atoms with van der Waals surface area (Å²) >= 11 is 0. The van der Waals surface area contributed by atoms with Gasteiger partial charge in [0.2, 0.25) is 5.43 Å². The summed E-state index contributed by atoms with van der Waals surface area (Å²) in [6.07, 6.45) is 1.16. The van der Waals surface area contributed by atoms with Gasteiger partial charge in [-0.05, 0) is 36.8 Å². The van der Waals surface area contributed by atoms with Gasteiger partial charge in [0.15, 0.2) is 0 Å². The Morgan fingerprint density at radius 1 is 1.14 bits per heavy atom. The fraction of sp³-hybridized carbons (Fsp3) is 0.346. The standard InChI is InChI=1S/C26H28FN5O4/c1-2-30-16-20(24(33)19-13-21(27)23(14-22(19)30)31-8-6-28-7-9-31)25(34)29-18-5-3-4-17(12-18)15-32-10-11-36-26(32)35/h3-5,12-14,16,28H,2,6-11,15H2,1H3,(H,29,34). The van der Waals surface area contributed by atoms with E-state index >= 15 is 4.39 Å². The van der Waals surface area contributed by atoms with E-state index in [9.17, 15) is 14.4 Å². The molecule has 0 radical (unpaired) electrons. The van der Waals surface area contributed by atoms with Crippen molar-refractivity contribution in [1.82, 2.24) is 14.8 Å². The van der Waals surface area contributed by atoms with Crippen LogP contribution in [0.25, 0.3) is 10.9 Å². The van der Waals surface area contributed by atoms with Crippen LogP contribution >= 0.6 is 0 Å². The minimum absolute atomic E-state index is 0.0628. The summed E-state index contributed by atoms with van der Waals surface area (Å²) in [7, 11) is 0. The first-order valence-corrected chi connectivity index (χ1v) is 12.1. The summed E-state index contributed by atoms with van der Waals surface area (Å²) in [5, 5.41) is 6.19. The Labute approximate surface area is 207 Å². The predicted octanol–water partition coefficient (Wildman–Crippen LogP) is 2.77. The smallest absolute Gasteiger partial charge is 0.410 e. The van der Waals surface area contributed by atoms with Crippen molar-refractivity contribution in [2.75, 3.05) is 49.5 Å². The molecule has 1 aromatic heterocycles. The van der Waals surface area contributed by atoms with Gasteiger partial charge >= 0.3 is 6.09 Å². The molecule has 3 aromatic rings. The van der Waals surface area contributed by atoms with E-state index in [2.05, 4.69) is 10.6 Å². The quantitative estimate of drug-likeness (QED) is 0.548. The van der Waals surface area contributed by atoms with Crippen LogP contribution in [0.1, 0.15) is 22.8 Å². The minimum atomic E-state index is -0.576. The molecule has 2 amide bonds. The van der Waals surface area contributed by atoms with E-state index < -0.39 is 17.2 Å². The highest BCUT2D eigenvalue weighted by molar-refractivity contribution is 6.06. The highest BCUT2D eigenvalue weighted by Gasteiger charge is 2.23. The first-order valence-electron chi connectivity index (χ1n) is 12.1. The maximum atomic E-state index is 15.1. The number of cyclic esters (lactones) is 1. The zero-order chi connectivity index (χ0) is 25.2. The van der Waals surface area contributed by atoms with E-state index in [0.29, 0.717) is 56.2 Å².